The summed E-state index contributed by atoms with van der Waals surface area (Å²) in [5.41, 5.74) is 0. The normalized spacial score (nSPS) is 12.8. The maximum Gasteiger partial charge on any atom is 0.198 e. The molecular formula is C8H18BNO. The number of hydrogen-bond donors (Lipinski definition) is 1. The first-order valence-corrected chi connectivity index (χ1v) is 4.16. The summed E-state index contributed by atoms with van der Waals surface area (Å²) in [6.45, 7) is 12.0. The predicted molar refractivity (Wildman–Crippen MR) is 51.0 cm³/mol. The number of hydrogen-bond acceptors (Lipinski definition) is 2. The lowest BCUT2D eigenvalue weighted by atomic mass is 9.98. The van der Waals surface area contributed by atoms with E-state index >= 15 is 0 Å². The third-order valence-corrected chi connectivity index (χ3v) is 1.38. The fourth-order valence-electron chi connectivity index (χ4n) is 0.825. The lowest BCUT2D eigenvalue weighted by Crippen LogP contribution is -2.31. The van der Waals surface area contributed by atoms with Crippen LogP contribution in [-0.2, 0) is 4.74 Å². The maximum absolute atomic E-state index is 5.41. The van der Waals surface area contributed by atoms with Crippen LogP contribution in [0.15, 0.2) is 12.3 Å². The summed E-state index contributed by atoms with van der Waals surface area (Å²) in [6, 6.07) is 0.252. The van der Waals surface area contributed by atoms with Gasteiger partial charge < -0.3 is 9.96 Å². The fraction of sp³-hybridized carbons (Fsp3) is 0.750. The van der Waals surface area contributed by atoms with Gasteiger partial charge in [0.1, 0.15) is 5.76 Å². The zero-order valence-electron chi connectivity index (χ0n) is 7.98. The molecule has 1 atom stereocenters. The highest BCUT2D eigenvalue weighted by Gasteiger charge is 2.06. The quantitative estimate of drug-likeness (QED) is 0.477. The van der Waals surface area contributed by atoms with Gasteiger partial charge >= 0.3 is 0 Å². The first kappa shape index (κ1) is 10.6. The number of rotatable bonds is 5. The molecular weight excluding hydrogens is 137 g/mol. The van der Waals surface area contributed by atoms with E-state index in [1.165, 1.54) is 0 Å². The summed E-state index contributed by atoms with van der Waals surface area (Å²) in [5.74, 6) is 0.821. The van der Waals surface area contributed by atoms with Crippen molar-refractivity contribution in [2.45, 2.75) is 39.7 Å². The van der Waals surface area contributed by atoms with Gasteiger partial charge in [0.05, 0.1) is 12.1 Å². The molecule has 0 spiro atoms. The molecule has 11 heavy (non-hydrogen) atoms. The molecule has 1 N–H and O–H groups in total. The Morgan fingerprint density at radius 3 is 2.36 bits per heavy atom. The van der Waals surface area contributed by atoms with Gasteiger partial charge in [-0.15, -0.1) is 0 Å². The van der Waals surface area contributed by atoms with Gasteiger partial charge in [0, 0.05) is 0 Å². The van der Waals surface area contributed by atoms with Crippen LogP contribution >= 0.6 is 0 Å². The monoisotopic (exact) mass is 155 g/mol. The summed E-state index contributed by atoms with van der Waals surface area (Å²) in [6.07, 6.45) is 0.226. The molecule has 0 aromatic heterocycles. The van der Waals surface area contributed by atoms with E-state index in [-0.39, 0.29) is 12.1 Å². The van der Waals surface area contributed by atoms with E-state index in [0.29, 0.717) is 0 Å². The van der Waals surface area contributed by atoms with E-state index in [1.54, 1.807) is 0 Å². The van der Waals surface area contributed by atoms with Crippen molar-refractivity contribution >= 4 is 7.41 Å². The highest BCUT2D eigenvalue weighted by molar-refractivity contribution is 6.30. The Balaban J connectivity index is 3.64. The zero-order valence-corrected chi connectivity index (χ0v) is 7.98. The second-order valence-corrected chi connectivity index (χ2v) is 2.91. The summed E-state index contributed by atoms with van der Waals surface area (Å²) in [4.78, 5) is 0. The Labute approximate surface area is 70.3 Å². The third kappa shape index (κ3) is 4.90. The van der Waals surface area contributed by atoms with Gasteiger partial charge in [0.15, 0.2) is 7.41 Å². The molecule has 0 aliphatic rings. The van der Waals surface area contributed by atoms with Crippen molar-refractivity contribution in [1.82, 2.24) is 5.23 Å². The Kier molecular flexibility index (Phi) is 5.04. The largest absolute Gasteiger partial charge is 0.494 e. The smallest absolute Gasteiger partial charge is 0.198 e. The number of nitrogens with one attached hydrogen (secondary N) is 1. The molecule has 2 nitrogen and oxygen atoms in total. The van der Waals surface area contributed by atoms with Crippen LogP contribution in [0, 0.1) is 0 Å². The van der Waals surface area contributed by atoms with Crippen molar-refractivity contribution in [3.63, 3.8) is 0 Å². The minimum absolute atomic E-state index is 0.226. The van der Waals surface area contributed by atoms with Crippen LogP contribution in [0.4, 0.5) is 0 Å². The van der Waals surface area contributed by atoms with Gasteiger partial charge in [-0.2, -0.15) is 0 Å². The van der Waals surface area contributed by atoms with E-state index < -0.39 is 0 Å². The zero-order chi connectivity index (χ0) is 8.85. The molecule has 0 amide bonds. The molecule has 0 aliphatic carbocycles. The van der Waals surface area contributed by atoms with E-state index in [9.17, 15) is 0 Å². The molecule has 0 rings (SSSR count). The molecule has 0 saturated heterocycles. The standard InChI is InChI=1S/C8H18BNO/c1-6(2)11-8(4)7(3)10-9-5/h6-7,9-10H,4H2,1-3,5H3. The van der Waals surface area contributed by atoms with E-state index in [0.717, 1.165) is 13.2 Å². The van der Waals surface area contributed by atoms with Crippen molar-refractivity contribution in [3.05, 3.63) is 12.3 Å². The van der Waals surface area contributed by atoms with Crippen LogP contribution in [0.25, 0.3) is 0 Å². The first-order chi connectivity index (χ1) is 5.07. The van der Waals surface area contributed by atoms with Gasteiger partial charge in [-0.3, -0.25) is 0 Å². The van der Waals surface area contributed by atoms with Crippen molar-refractivity contribution < 1.29 is 4.74 Å². The second-order valence-electron chi connectivity index (χ2n) is 2.91. The molecule has 0 aromatic carbocycles. The fourth-order valence-corrected chi connectivity index (χ4v) is 0.825. The molecule has 64 valence electrons. The maximum atomic E-state index is 5.41. The SMILES string of the molecule is C=C(OC(C)C)C(C)NBC. The van der Waals surface area contributed by atoms with Crippen molar-refractivity contribution in [3.8, 4) is 0 Å². The Morgan fingerprint density at radius 1 is 1.45 bits per heavy atom. The average Bonchev–Trinajstić information content (AvgIpc) is 1.86. The molecule has 1 unspecified atom stereocenters. The summed E-state index contributed by atoms with van der Waals surface area (Å²) < 4.78 is 5.41. The van der Waals surface area contributed by atoms with Crippen LogP contribution in [0.3, 0.4) is 0 Å². The Hall–Kier alpha value is -0.435. The van der Waals surface area contributed by atoms with Crippen molar-refractivity contribution in [2.24, 2.45) is 0 Å². The van der Waals surface area contributed by atoms with Gasteiger partial charge in [-0.05, 0) is 20.8 Å². The van der Waals surface area contributed by atoms with E-state index in [1.807, 2.05) is 20.8 Å². The average molecular weight is 155 g/mol. The van der Waals surface area contributed by atoms with Gasteiger partial charge in [0.25, 0.3) is 0 Å². The second kappa shape index (κ2) is 5.25. The number of ether oxygens (including phenoxy) is 1. The summed E-state index contributed by atoms with van der Waals surface area (Å²) in [5, 5.41) is 3.23. The first-order valence-electron chi connectivity index (χ1n) is 4.16. The molecule has 0 radical (unpaired) electrons. The van der Waals surface area contributed by atoms with Crippen LogP contribution in [-0.4, -0.2) is 19.6 Å². The Bertz CT molecular complexity index is 125. The minimum atomic E-state index is 0.226. The van der Waals surface area contributed by atoms with Gasteiger partial charge in [0.2, 0.25) is 0 Å². The van der Waals surface area contributed by atoms with Crippen LogP contribution in [0.2, 0.25) is 6.82 Å². The minimum Gasteiger partial charge on any atom is -0.494 e. The molecule has 0 heterocycles. The van der Waals surface area contributed by atoms with Crippen molar-refractivity contribution in [2.75, 3.05) is 0 Å². The lowest BCUT2D eigenvalue weighted by Gasteiger charge is -2.18. The predicted octanol–water partition coefficient (Wildman–Crippen LogP) is 1.30. The summed E-state index contributed by atoms with van der Waals surface area (Å²) >= 11 is 0. The van der Waals surface area contributed by atoms with Gasteiger partial charge in [-0.1, -0.05) is 13.4 Å². The molecule has 0 aromatic rings. The summed E-state index contributed by atoms with van der Waals surface area (Å²) in [7, 11) is 0.946. The molecule has 0 aliphatic heterocycles. The van der Waals surface area contributed by atoms with Crippen LogP contribution in [0.1, 0.15) is 20.8 Å². The molecule has 0 fully saturated rings. The highest BCUT2D eigenvalue weighted by Crippen LogP contribution is 2.03. The van der Waals surface area contributed by atoms with Crippen LogP contribution in [0.5, 0.6) is 0 Å². The van der Waals surface area contributed by atoms with E-state index in [4.69, 9.17) is 4.74 Å². The molecule has 0 bridgehead atoms. The van der Waals surface area contributed by atoms with Gasteiger partial charge in [-0.25, -0.2) is 0 Å². The Morgan fingerprint density at radius 2 is 2.00 bits per heavy atom. The lowest BCUT2D eigenvalue weighted by molar-refractivity contribution is 0.134. The van der Waals surface area contributed by atoms with Crippen molar-refractivity contribution in [1.29, 1.82) is 0 Å². The van der Waals surface area contributed by atoms with Crippen LogP contribution < -0.4 is 5.23 Å². The molecule has 0 saturated carbocycles. The topological polar surface area (TPSA) is 21.3 Å². The van der Waals surface area contributed by atoms with E-state index in [2.05, 4.69) is 18.6 Å². The highest BCUT2D eigenvalue weighted by atomic mass is 16.5. The third-order valence-electron chi connectivity index (χ3n) is 1.38. The molecule has 3 heteroatoms.